The fraction of sp³-hybridized carbons (Fsp3) is 0.348. The molecule has 0 aliphatic heterocycles. The van der Waals surface area contributed by atoms with E-state index >= 15 is 0 Å². The van der Waals surface area contributed by atoms with Crippen molar-refractivity contribution in [3.05, 3.63) is 68.2 Å². The molecule has 2 aromatic rings. The van der Waals surface area contributed by atoms with Gasteiger partial charge in [0.1, 0.15) is 11.6 Å². The van der Waals surface area contributed by atoms with Crippen molar-refractivity contribution in [1.82, 2.24) is 5.32 Å². The maximum atomic E-state index is 12.4. The number of anilines is 1. The van der Waals surface area contributed by atoms with E-state index in [4.69, 9.17) is 16.3 Å². The number of hydrogen-bond acceptors (Lipinski definition) is 6. The summed E-state index contributed by atoms with van der Waals surface area (Å²) in [6, 6.07) is 9.34. The molecule has 9 nitrogen and oxygen atoms in total. The van der Waals surface area contributed by atoms with Crippen molar-refractivity contribution in [3.63, 3.8) is 0 Å². The monoisotopic (exact) mass is 475 g/mol. The molecule has 0 saturated carbocycles. The van der Waals surface area contributed by atoms with E-state index in [1.165, 1.54) is 12.1 Å². The highest BCUT2D eigenvalue weighted by Crippen LogP contribution is 2.32. The predicted molar refractivity (Wildman–Crippen MR) is 125 cm³/mol. The topological polar surface area (TPSA) is 128 Å². The van der Waals surface area contributed by atoms with Gasteiger partial charge in [0.25, 0.3) is 17.5 Å². The van der Waals surface area contributed by atoms with Gasteiger partial charge in [0.05, 0.1) is 4.92 Å². The quantitative estimate of drug-likeness (QED) is 0.314. The third kappa shape index (κ3) is 7.01. The number of benzene rings is 2. The van der Waals surface area contributed by atoms with E-state index in [-0.39, 0.29) is 22.4 Å². The summed E-state index contributed by atoms with van der Waals surface area (Å²) in [5, 5.41) is 16.0. The summed E-state index contributed by atoms with van der Waals surface area (Å²) >= 11 is 5.72. The molecule has 2 amide bonds. The Balaban J connectivity index is 1.93. The number of rotatable bonds is 9. The predicted octanol–water partition coefficient (Wildman–Crippen LogP) is 4.41. The van der Waals surface area contributed by atoms with E-state index in [9.17, 15) is 24.5 Å². The normalized spacial score (nSPS) is 10.8. The van der Waals surface area contributed by atoms with Crippen molar-refractivity contribution in [2.45, 2.75) is 39.5 Å². The molecule has 0 bridgehead atoms. The maximum Gasteiger partial charge on any atom is 0.325 e. The number of nitro benzene ring substituents is 1. The Kier molecular flexibility index (Phi) is 8.93. The Morgan fingerprint density at radius 3 is 2.21 bits per heavy atom. The Bertz CT molecular complexity index is 1040. The van der Waals surface area contributed by atoms with Crippen molar-refractivity contribution in [3.8, 4) is 0 Å². The Labute approximate surface area is 196 Å². The van der Waals surface area contributed by atoms with Crippen LogP contribution in [0, 0.1) is 10.1 Å². The van der Waals surface area contributed by atoms with Crippen molar-refractivity contribution in [1.29, 1.82) is 0 Å². The zero-order chi connectivity index (χ0) is 24.7. The average Bonchev–Trinajstić information content (AvgIpc) is 2.75. The highest BCUT2D eigenvalue weighted by atomic mass is 35.5. The molecule has 2 rings (SSSR count). The van der Waals surface area contributed by atoms with Gasteiger partial charge in [0, 0.05) is 17.3 Å². The van der Waals surface area contributed by atoms with Gasteiger partial charge in [0.2, 0.25) is 0 Å². The number of ether oxygens (including phenoxy) is 1. The molecule has 2 N–H and O–H groups in total. The second-order valence-corrected chi connectivity index (χ2v) is 8.34. The van der Waals surface area contributed by atoms with Crippen molar-refractivity contribution in [2.75, 3.05) is 18.5 Å². The third-order valence-electron chi connectivity index (χ3n) is 4.80. The van der Waals surface area contributed by atoms with Crippen molar-refractivity contribution >= 4 is 40.8 Å². The zero-order valence-electron chi connectivity index (χ0n) is 18.8. The fourth-order valence-electron chi connectivity index (χ4n) is 3.12. The molecular formula is C23H26ClN3O6. The molecule has 0 fully saturated rings. The van der Waals surface area contributed by atoms with Crippen LogP contribution >= 0.6 is 11.6 Å². The van der Waals surface area contributed by atoms with Gasteiger partial charge >= 0.3 is 5.97 Å². The lowest BCUT2D eigenvalue weighted by molar-refractivity contribution is -0.384. The van der Waals surface area contributed by atoms with Crippen LogP contribution in [0.25, 0.3) is 0 Å². The average molecular weight is 476 g/mol. The number of nitro groups is 1. The zero-order valence-corrected chi connectivity index (χ0v) is 19.6. The molecule has 0 spiro atoms. The molecule has 0 aromatic heterocycles. The molecule has 176 valence electrons. The molecule has 0 radical (unpaired) electrons. The molecule has 0 atom stereocenters. The number of carbonyl (C=O) groups excluding carboxylic acids is 3. The number of para-hydroxylation sites is 1. The maximum absolute atomic E-state index is 12.4. The summed E-state index contributed by atoms with van der Waals surface area (Å²) in [5.74, 6) is -1.69. The Morgan fingerprint density at radius 2 is 1.67 bits per heavy atom. The first-order chi connectivity index (χ1) is 15.5. The Hall–Kier alpha value is -3.46. The molecule has 0 aliphatic carbocycles. The van der Waals surface area contributed by atoms with Crippen LogP contribution in [0.15, 0.2) is 36.4 Å². The van der Waals surface area contributed by atoms with Gasteiger partial charge in [-0.05, 0) is 35.1 Å². The molecule has 0 aliphatic rings. The van der Waals surface area contributed by atoms with Crippen LogP contribution in [0.2, 0.25) is 5.02 Å². The van der Waals surface area contributed by atoms with Gasteiger partial charge in [-0.3, -0.25) is 24.5 Å². The van der Waals surface area contributed by atoms with Gasteiger partial charge in [-0.1, -0.05) is 57.5 Å². The molecule has 2 aromatic carbocycles. The van der Waals surface area contributed by atoms with E-state index in [0.717, 1.165) is 17.2 Å². The van der Waals surface area contributed by atoms with Crippen LogP contribution in [-0.2, 0) is 14.3 Å². The van der Waals surface area contributed by atoms with E-state index in [0.29, 0.717) is 5.69 Å². The number of hydrogen-bond donors (Lipinski definition) is 2. The van der Waals surface area contributed by atoms with E-state index in [1.54, 1.807) is 0 Å². The van der Waals surface area contributed by atoms with Gasteiger partial charge in [-0.2, -0.15) is 0 Å². The summed E-state index contributed by atoms with van der Waals surface area (Å²) in [5.41, 5.74) is 2.20. The van der Waals surface area contributed by atoms with Gasteiger partial charge in [0.15, 0.2) is 6.61 Å². The summed E-state index contributed by atoms with van der Waals surface area (Å²) in [6.07, 6.45) is 0. The minimum atomic E-state index is -0.830. The van der Waals surface area contributed by atoms with Gasteiger partial charge in [-0.15, -0.1) is 0 Å². The van der Waals surface area contributed by atoms with Crippen LogP contribution in [-0.4, -0.2) is 35.9 Å². The summed E-state index contributed by atoms with van der Waals surface area (Å²) in [4.78, 5) is 46.8. The van der Waals surface area contributed by atoms with E-state index in [1.807, 2.05) is 45.9 Å². The van der Waals surface area contributed by atoms with E-state index < -0.39 is 41.5 Å². The van der Waals surface area contributed by atoms with Crippen LogP contribution < -0.4 is 10.6 Å². The summed E-state index contributed by atoms with van der Waals surface area (Å²) in [7, 11) is 0. The van der Waals surface area contributed by atoms with Gasteiger partial charge < -0.3 is 15.4 Å². The number of amides is 2. The second kappa shape index (κ2) is 11.4. The highest BCUT2D eigenvalue weighted by molar-refractivity contribution is 6.32. The summed E-state index contributed by atoms with van der Waals surface area (Å²) in [6.45, 7) is 7.05. The molecule has 0 heterocycles. The van der Waals surface area contributed by atoms with Crippen LogP contribution in [0.3, 0.4) is 0 Å². The number of esters is 1. The Morgan fingerprint density at radius 1 is 1.06 bits per heavy atom. The number of nitrogens with zero attached hydrogens (tertiary/aromatic N) is 1. The molecule has 0 unspecified atom stereocenters. The van der Waals surface area contributed by atoms with Crippen molar-refractivity contribution < 1.29 is 24.0 Å². The van der Waals surface area contributed by atoms with Crippen molar-refractivity contribution in [2.24, 2.45) is 0 Å². The van der Waals surface area contributed by atoms with Gasteiger partial charge in [-0.25, -0.2) is 0 Å². The number of halogens is 1. The molecule has 33 heavy (non-hydrogen) atoms. The SMILES string of the molecule is CC(C)c1cccc(C(C)C)c1NC(=O)COC(=O)CNC(=O)c1ccc(Cl)c([N+](=O)[O-])c1. The minimum absolute atomic E-state index is 0.0387. The molecule has 10 heteroatoms. The standard InChI is InChI=1S/C23H26ClN3O6/c1-13(2)16-6-5-7-17(14(3)4)22(16)26-20(28)12-33-21(29)11-25-23(30)15-8-9-18(24)19(10-15)27(31)32/h5-10,13-14H,11-12H2,1-4H3,(H,25,30)(H,26,28). The lowest BCUT2D eigenvalue weighted by atomic mass is 9.92. The second-order valence-electron chi connectivity index (χ2n) is 7.94. The summed E-state index contributed by atoms with van der Waals surface area (Å²) < 4.78 is 4.95. The number of nitrogens with one attached hydrogen (secondary N) is 2. The molecular weight excluding hydrogens is 450 g/mol. The minimum Gasteiger partial charge on any atom is -0.454 e. The lowest BCUT2D eigenvalue weighted by Crippen LogP contribution is -2.32. The largest absolute Gasteiger partial charge is 0.454 e. The van der Waals surface area contributed by atoms with Crippen LogP contribution in [0.4, 0.5) is 11.4 Å². The first kappa shape index (κ1) is 25.8. The molecule has 0 saturated heterocycles. The van der Waals surface area contributed by atoms with Crippen LogP contribution in [0.1, 0.15) is 61.0 Å². The van der Waals surface area contributed by atoms with Crippen LogP contribution in [0.5, 0.6) is 0 Å². The first-order valence-corrected chi connectivity index (χ1v) is 10.7. The smallest absolute Gasteiger partial charge is 0.325 e. The lowest BCUT2D eigenvalue weighted by Gasteiger charge is -2.20. The first-order valence-electron chi connectivity index (χ1n) is 10.3. The number of carbonyl (C=O) groups is 3. The fourth-order valence-corrected chi connectivity index (χ4v) is 3.30. The van der Waals surface area contributed by atoms with E-state index in [2.05, 4.69) is 10.6 Å². The third-order valence-corrected chi connectivity index (χ3v) is 5.12. The highest BCUT2D eigenvalue weighted by Gasteiger charge is 2.19.